The number of hydrogen-bond acceptors (Lipinski definition) is 2. The van der Waals surface area contributed by atoms with Crippen LogP contribution < -0.4 is 10.2 Å². The fourth-order valence-corrected chi connectivity index (χ4v) is 5.22. The molecular formula is C27H22F4N4S. The second-order valence-corrected chi connectivity index (χ2v) is 9.04. The minimum Gasteiger partial charge on any atom is -0.351 e. The Bertz CT molecular complexity index is 1430. The van der Waals surface area contributed by atoms with Crippen LogP contribution in [0, 0.1) is 19.7 Å². The van der Waals surface area contributed by atoms with Gasteiger partial charge in [-0.2, -0.15) is 13.2 Å². The molecule has 1 aliphatic rings. The number of thiocarbonyl (C=S) groups is 1. The van der Waals surface area contributed by atoms with E-state index in [0.717, 1.165) is 29.1 Å². The number of rotatable bonds is 4. The van der Waals surface area contributed by atoms with E-state index >= 15 is 0 Å². The summed E-state index contributed by atoms with van der Waals surface area (Å²) in [6.07, 6.45) is -2.78. The highest BCUT2D eigenvalue weighted by Crippen LogP contribution is 2.44. The molecule has 1 fully saturated rings. The maximum absolute atomic E-state index is 15.0. The quantitative estimate of drug-likeness (QED) is 0.241. The normalized spacial score (nSPS) is 17.9. The summed E-state index contributed by atoms with van der Waals surface area (Å²) in [7, 11) is 0. The van der Waals surface area contributed by atoms with Crippen LogP contribution in [0.2, 0.25) is 0 Å². The van der Waals surface area contributed by atoms with Crippen LogP contribution in [0.5, 0.6) is 0 Å². The van der Waals surface area contributed by atoms with Gasteiger partial charge in [-0.1, -0.05) is 24.3 Å². The number of pyridine rings is 1. The Morgan fingerprint density at radius 1 is 0.944 bits per heavy atom. The maximum atomic E-state index is 15.0. The first kappa shape index (κ1) is 24.0. The number of aryl methyl sites for hydroxylation is 1. The molecule has 3 heterocycles. The summed E-state index contributed by atoms with van der Waals surface area (Å²) in [6, 6.07) is 18.1. The van der Waals surface area contributed by atoms with E-state index in [2.05, 4.69) is 10.3 Å². The molecule has 1 N–H and O–H groups in total. The van der Waals surface area contributed by atoms with Crippen LogP contribution in [0.15, 0.2) is 79.0 Å². The highest BCUT2D eigenvalue weighted by atomic mass is 32.1. The van der Waals surface area contributed by atoms with Crippen LogP contribution in [0.25, 0.3) is 5.69 Å². The number of aromatic nitrogens is 2. The molecule has 2 atom stereocenters. The highest BCUT2D eigenvalue weighted by molar-refractivity contribution is 7.80. The molecule has 0 bridgehead atoms. The standard InChI is InChI=1S/C27H22F4N4S/c1-16-14-20(17(2)34(16)19-9-7-8-18(15-19)27(29,30)31)25-24(22-11-5-6-13-32-22)33-26(36)35(25)23-12-4-3-10-21(23)28/h3-15,24-25H,1-2H3,(H,33,36)/t24-,25+/m1/s1. The van der Waals surface area contributed by atoms with Gasteiger partial charge in [0, 0.05) is 23.3 Å². The Morgan fingerprint density at radius 2 is 1.69 bits per heavy atom. The molecule has 0 saturated carbocycles. The summed E-state index contributed by atoms with van der Waals surface area (Å²) >= 11 is 5.66. The molecule has 36 heavy (non-hydrogen) atoms. The zero-order valence-electron chi connectivity index (χ0n) is 19.4. The van der Waals surface area contributed by atoms with E-state index in [0.29, 0.717) is 22.2 Å². The molecule has 184 valence electrons. The van der Waals surface area contributed by atoms with E-state index in [1.807, 2.05) is 32.0 Å². The fourth-order valence-electron chi connectivity index (χ4n) is 4.88. The van der Waals surface area contributed by atoms with Crippen molar-refractivity contribution in [3.8, 4) is 5.69 Å². The van der Waals surface area contributed by atoms with Crippen LogP contribution in [0.4, 0.5) is 23.2 Å². The van der Waals surface area contributed by atoms with Crippen molar-refractivity contribution in [3.05, 3.63) is 113 Å². The van der Waals surface area contributed by atoms with Crippen molar-refractivity contribution in [2.75, 3.05) is 4.90 Å². The molecular weight excluding hydrogens is 488 g/mol. The Kier molecular flexibility index (Phi) is 6.04. The SMILES string of the molecule is Cc1cc([C@H]2[C@@H](c3ccccn3)NC(=S)N2c2ccccc2F)c(C)n1-c1cccc(C(F)(F)F)c1. The summed E-state index contributed by atoms with van der Waals surface area (Å²) in [5.74, 6) is -0.431. The van der Waals surface area contributed by atoms with Gasteiger partial charge in [-0.3, -0.25) is 4.98 Å². The first-order valence-corrected chi connectivity index (χ1v) is 11.7. The molecule has 2 aromatic heterocycles. The number of anilines is 1. The van der Waals surface area contributed by atoms with E-state index < -0.39 is 29.6 Å². The third-order valence-corrected chi connectivity index (χ3v) is 6.75. The van der Waals surface area contributed by atoms with Crippen molar-refractivity contribution in [1.82, 2.24) is 14.9 Å². The van der Waals surface area contributed by atoms with Crippen LogP contribution in [-0.2, 0) is 6.18 Å². The first-order valence-electron chi connectivity index (χ1n) is 11.3. The van der Waals surface area contributed by atoms with Gasteiger partial charge in [-0.25, -0.2) is 4.39 Å². The topological polar surface area (TPSA) is 33.1 Å². The summed E-state index contributed by atoms with van der Waals surface area (Å²) in [4.78, 5) is 6.23. The average molecular weight is 511 g/mol. The molecule has 0 radical (unpaired) electrons. The summed E-state index contributed by atoms with van der Waals surface area (Å²) in [5, 5.41) is 3.63. The second kappa shape index (κ2) is 9.05. The van der Waals surface area contributed by atoms with Crippen molar-refractivity contribution >= 4 is 23.0 Å². The smallest absolute Gasteiger partial charge is 0.351 e. The molecule has 1 aliphatic heterocycles. The van der Waals surface area contributed by atoms with Gasteiger partial charge in [0.05, 0.1) is 29.0 Å². The van der Waals surface area contributed by atoms with Crippen molar-refractivity contribution in [1.29, 1.82) is 0 Å². The van der Waals surface area contributed by atoms with Crippen molar-refractivity contribution in [2.45, 2.75) is 32.1 Å². The van der Waals surface area contributed by atoms with Crippen molar-refractivity contribution < 1.29 is 17.6 Å². The zero-order valence-corrected chi connectivity index (χ0v) is 20.2. The Morgan fingerprint density at radius 3 is 2.39 bits per heavy atom. The van der Waals surface area contributed by atoms with E-state index in [1.165, 1.54) is 12.1 Å². The number of nitrogens with one attached hydrogen (secondary N) is 1. The predicted octanol–water partition coefficient (Wildman–Crippen LogP) is 6.82. The number of hydrogen-bond donors (Lipinski definition) is 1. The highest BCUT2D eigenvalue weighted by Gasteiger charge is 2.43. The number of halogens is 4. The minimum absolute atomic E-state index is 0.308. The summed E-state index contributed by atoms with van der Waals surface area (Å²) < 4.78 is 57.0. The largest absolute Gasteiger partial charge is 0.416 e. The Labute approximate surface area is 211 Å². The van der Waals surface area contributed by atoms with E-state index in [1.54, 1.807) is 46.0 Å². The van der Waals surface area contributed by atoms with E-state index in [9.17, 15) is 17.6 Å². The van der Waals surface area contributed by atoms with Crippen molar-refractivity contribution in [2.24, 2.45) is 0 Å². The van der Waals surface area contributed by atoms with Gasteiger partial charge in [0.25, 0.3) is 0 Å². The molecule has 0 unspecified atom stereocenters. The van der Waals surface area contributed by atoms with Gasteiger partial charge in [-0.05, 0) is 80.2 Å². The van der Waals surface area contributed by atoms with Gasteiger partial charge in [0.15, 0.2) is 5.11 Å². The summed E-state index contributed by atoms with van der Waals surface area (Å²) in [5.41, 5.74) is 2.97. The monoisotopic (exact) mass is 510 g/mol. The lowest BCUT2D eigenvalue weighted by Gasteiger charge is -2.28. The van der Waals surface area contributed by atoms with E-state index in [4.69, 9.17) is 12.2 Å². The Hall–Kier alpha value is -3.72. The molecule has 0 spiro atoms. The molecule has 1 saturated heterocycles. The van der Waals surface area contributed by atoms with Crippen molar-refractivity contribution in [3.63, 3.8) is 0 Å². The second-order valence-electron chi connectivity index (χ2n) is 8.66. The van der Waals surface area contributed by atoms with Crippen LogP contribution >= 0.6 is 12.2 Å². The number of para-hydroxylation sites is 1. The van der Waals surface area contributed by atoms with Gasteiger partial charge in [0.1, 0.15) is 5.82 Å². The van der Waals surface area contributed by atoms with Gasteiger partial charge >= 0.3 is 6.18 Å². The third-order valence-electron chi connectivity index (χ3n) is 6.43. The molecule has 5 rings (SSSR count). The zero-order chi connectivity index (χ0) is 25.6. The van der Waals surface area contributed by atoms with Crippen LogP contribution in [-0.4, -0.2) is 14.7 Å². The first-order chi connectivity index (χ1) is 17.2. The molecule has 2 aromatic carbocycles. The van der Waals surface area contributed by atoms with E-state index in [-0.39, 0.29) is 0 Å². The lowest BCUT2D eigenvalue weighted by atomic mass is 9.96. The molecule has 4 nitrogen and oxygen atoms in total. The van der Waals surface area contributed by atoms with Gasteiger partial charge in [-0.15, -0.1) is 0 Å². The summed E-state index contributed by atoms with van der Waals surface area (Å²) in [6.45, 7) is 3.68. The van der Waals surface area contributed by atoms with Crippen LogP contribution in [0.1, 0.15) is 40.3 Å². The minimum atomic E-state index is -4.46. The molecule has 9 heteroatoms. The van der Waals surface area contributed by atoms with Crippen LogP contribution in [0.3, 0.4) is 0 Å². The van der Waals surface area contributed by atoms with Gasteiger partial charge in [0.2, 0.25) is 0 Å². The third kappa shape index (κ3) is 4.13. The fraction of sp³-hybridized carbons (Fsp3) is 0.185. The number of benzene rings is 2. The Balaban J connectivity index is 1.69. The predicted molar refractivity (Wildman–Crippen MR) is 135 cm³/mol. The number of alkyl halides is 3. The number of nitrogens with zero attached hydrogens (tertiary/aromatic N) is 3. The average Bonchev–Trinajstić information content (AvgIpc) is 3.34. The lowest BCUT2D eigenvalue weighted by Crippen LogP contribution is -2.30. The molecule has 0 amide bonds. The molecule has 4 aromatic rings. The van der Waals surface area contributed by atoms with Gasteiger partial charge < -0.3 is 14.8 Å². The maximum Gasteiger partial charge on any atom is 0.416 e. The molecule has 0 aliphatic carbocycles. The lowest BCUT2D eigenvalue weighted by molar-refractivity contribution is -0.137.